The molecule has 0 unspecified atom stereocenters. The molecule has 0 aromatic carbocycles. The molecular formula is C10H17N5O3S. The highest BCUT2D eigenvalue weighted by atomic mass is 32.2. The summed E-state index contributed by atoms with van der Waals surface area (Å²) in [5.74, 6) is 0.0139. The molecule has 0 saturated carbocycles. The molecule has 0 aliphatic rings. The lowest BCUT2D eigenvalue weighted by molar-refractivity contribution is -0.137. The van der Waals surface area contributed by atoms with E-state index in [0.29, 0.717) is 12.2 Å². The minimum absolute atomic E-state index is 0.216. The number of carbonyl (C=O) groups is 2. The van der Waals surface area contributed by atoms with Crippen molar-refractivity contribution in [1.82, 2.24) is 25.6 Å². The molecule has 106 valence electrons. The first-order valence-electron chi connectivity index (χ1n) is 5.73. The van der Waals surface area contributed by atoms with Crippen molar-refractivity contribution in [2.45, 2.75) is 19.5 Å². The van der Waals surface area contributed by atoms with Crippen LogP contribution in [-0.4, -0.2) is 50.7 Å². The number of aliphatic carboxylic acids is 1. The van der Waals surface area contributed by atoms with E-state index in [4.69, 9.17) is 5.11 Å². The number of rotatable bonds is 8. The quantitative estimate of drug-likeness (QED) is 0.577. The maximum atomic E-state index is 11.4. The van der Waals surface area contributed by atoms with E-state index in [1.165, 1.54) is 10.9 Å². The van der Waals surface area contributed by atoms with Crippen LogP contribution in [-0.2, 0) is 17.9 Å². The molecule has 19 heavy (non-hydrogen) atoms. The van der Waals surface area contributed by atoms with Crippen molar-refractivity contribution in [3.05, 3.63) is 11.9 Å². The molecule has 0 aliphatic carbocycles. The van der Waals surface area contributed by atoms with Gasteiger partial charge < -0.3 is 15.7 Å². The van der Waals surface area contributed by atoms with Crippen LogP contribution in [0.15, 0.2) is 6.20 Å². The fourth-order valence-electron chi connectivity index (χ4n) is 1.29. The zero-order valence-corrected chi connectivity index (χ0v) is 11.4. The van der Waals surface area contributed by atoms with Gasteiger partial charge in [-0.1, -0.05) is 5.21 Å². The molecule has 1 heterocycles. The van der Waals surface area contributed by atoms with Crippen LogP contribution in [0.1, 0.15) is 12.1 Å². The van der Waals surface area contributed by atoms with Crippen LogP contribution < -0.4 is 10.6 Å². The average molecular weight is 287 g/mol. The highest BCUT2D eigenvalue weighted by Crippen LogP contribution is 1.94. The lowest BCUT2D eigenvalue weighted by Crippen LogP contribution is -2.35. The Hall–Kier alpha value is -1.77. The van der Waals surface area contributed by atoms with Crippen LogP contribution in [0.5, 0.6) is 0 Å². The van der Waals surface area contributed by atoms with Crippen molar-refractivity contribution in [1.29, 1.82) is 0 Å². The Labute approximate surface area is 114 Å². The summed E-state index contributed by atoms with van der Waals surface area (Å²) >= 11 is 1.73. The van der Waals surface area contributed by atoms with E-state index in [1.54, 1.807) is 11.8 Å². The first-order chi connectivity index (χ1) is 9.11. The van der Waals surface area contributed by atoms with Gasteiger partial charge in [-0.3, -0.25) is 4.79 Å². The Morgan fingerprint density at radius 3 is 2.95 bits per heavy atom. The van der Waals surface area contributed by atoms with Gasteiger partial charge in [0, 0.05) is 6.54 Å². The maximum Gasteiger partial charge on any atom is 0.325 e. The molecule has 1 aromatic heterocycles. The molecule has 0 bridgehead atoms. The second-order valence-electron chi connectivity index (χ2n) is 3.76. The molecule has 1 rings (SSSR count). The van der Waals surface area contributed by atoms with E-state index in [0.717, 1.165) is 12.2 Å². The third-order valence-electron chi connectivity index (χ3n) is 2.12. The Morgan fingerprint density at radius 2 is 2.26 bits per heavy atom. The SMILES string of the molecule is CSCCCNC(=O)NCc1cn(CC(=O)O)nn1. The van der Waals surface area contributed by atoms with Gasteiger partial charge in [0.1, 0.15) is 12.2 Å². The Kier molecular flexibility index (Phi) is 6.72. The largest absolute Gasteiger partial charge is 0.480 e. The minimum atomic E-state index is -0.990. The summed E-state index contributed by atoms with van der Waals surface area (Å²) in [5, 5.41) is 21.3. The van der Waals surface area contributed by atoms with E-state index in [2.05, 4.69) is 20.9 Å². The average Bonchev–Trinajstić information content (AvgIpc) is 2.79. The molecule has 0 saturated heterocycles. The van der Waals surface area contributed by atoms with Gasteiger partial charge >= 0.3 is 12.0 Å². The van der Waals surface area contributed by atoms with Gasteiger partial charge in [0.25, 0.3) is 0 Å². The summed E-state index contributed by atoms with van der Waals surface area (Å²) in [5.41, 5.74) is 0.514. The summed E-state index contributed by atoms with van der Waals surface area (Å²) < 4.78 is 1.20. The summed E-state index contributed by atoms with van der Waals surface area (Å²) in [6, 6.07) is -0.270. The van der Waals surface area contributed by atoms with Crippen LogP contribution in [0, 0.1) is 0 Å². The number of hydrogen-bond donors (Lipinski definition) is 3. The predicted molar refractivity (Wildman–Crippen MR) is 70.9 cm³/mol. The fraction of sp³-hybridized carbons (Fsp3) is 0.600. The fourth-order valence-corrected chi connectivity index (χ4v) is 1.72. The second-order valence-corrected chi connectivity index (χ2v) is 4.74. The number of urea groups is 1. The lowest BCUT2D eigenvalue weighted by atomic mass is 10.4. The Balaban J connectivity index is 2.22. The van der Waals surface area contributed by atoms with Crippen LogP contribution in [0.2, 0.25) is 0 Å². The van der Waals surface area contributed by atoms with Crippen molar-refractivity contribution in [2.24, 2.45) is 0 Å². The van der Waals surface area contributed by atoms with Crippen LogP contribution >= 0.6 is 11.8 Å². The first kappa shape index (κ1) is 15.3. The van der Waals surface area contributed by atoms with Crippen molar-refractivity contribution >= 4 is 23.8 Å². The summed E-state index contributed by atoms with van der Waals surface area (Å²) in [6.45, 7) is 0.597. The number of nitrogens with zero attached hydrogens (tertiary/aromatic N) is 3. The normalized spacial score (nSPS) is 10.2. The monoisotopic (exact) mass is 287 g/mol. The highest BCUT2D eigenvalue weighted by Gasteiger charge is 2.05. The topological polar surface area (TPSA) is 109 Å². The van der Waals surface area contributed by atoms with Crippen LogP contribution in [0.4, 0.5) is 4.79 Å². The number of amides is 2. The smallest absolute Gasteiger partial charge is 0.325 e. The number of carboxylic acid groups (broad SMARTS) is 1. The van der Waals surface area contributed by atoms with Crippen molar-refractivity contribution in [3.8, 4) is 0 Å². The van der Waals surface area contributed by atoms with Gasteiger partial charge in [0.2, 0.25) is 0 Å². The number of nitrogens with one attached hydrogen (secondary N) is 2. The van der Waals surface area contributed by atoms with Gasteiger partial charge in [-0.15, -0.1) is 5.10 Å². The molecule has 9 heteroatoms. The zero-order chi connectivity index (χ0) is 14.1. The van der Waals surface area contributed by atoms with Crippen LogP contribution in [0.25, 0.3) is 0 Å². The molecular weight excluding hydrogens is 270 g/mol. The highest BCUT2D eigenvalue weighted by molar-refractivity contribution is 7.98. The number of carboxylic acids is 1. The molecule has 1 aromatic rings. The van der Waals surface area contributed by atoms with Gasteiger partial charge in [0.15, 0.2) is 0 Å². The van der Waals surface area contributed by atoms with Gasteiger partial charge in [-0.25, -0.2) is 9.48 Å². The molecule has 0 radical (unpaired) electrons. The molecule has 0 spiro atoms. The maximum absolute atomic E-state index is 11.4. The zero-order valence-electron chi connectivity index (χ0n) is 10.6. The van der Waals surface area contributed by atoms with E-state index in [-0.39, 0.29) is 19.1 Å². The standard InChI is InChI=1S/C10H17N5O3S/c1-19-4-2-3-11-10(18)12-5-8-6-15(14-13-8)7-9(16)17/h6H,2-5,7H2,1H3,(H,16,17)(H2,11,12,18). The summed E-state index contributed by atoms with van der Waals surface area (Å²) in [6.07, 6.45) is 4.42. The van der Waals surface area contributed by atoms with Gasteiger partial charge in [0.05, 0.1) is 12.7 Å². The van der Waals surface area contributed by atoms with E-state index < -0.39 is 5.97 Å². The Morgan fingerprint density at radius 1 is 1.47 bits per heavy atom. The van der Waals surface area contributed by atoms with Crippen molar-refractivity contribution in [3.63, 3.8) is 0 Å². The molecule has 2 amide bonds. The number of hydrogen-bond acceptors (Lipinski definition) is 5. The lowest BCUT2D eigenvalue weighted by Gasteiger charge is -2.05. The van der Waals surface area contributed by atoms with E-state index in [1.807, 2.05) is 6.26 Å². The molecule has 0 fully saturated rings. The van der Waals surface area contributed by atoms with Gasteiger partial charge in [-0.05, 0) is 18.4 Å². The Bertz CT molecular complexity index is 423. The minimum Gasteiger partial charge on any atom is -0.480 e. The van der Waals surface area contributed by atoms with Crippen LogP contribution in [0.3, 0.4) is 0 Å². The van der Waals surface area contributed by atoms with Gasteiger partial charge in [-0.2, -0.15) is 11.8 Å². The molecule has 0 aliphatic heterocycles. The molecule has 3 N–H and O–H groups in total. The second kappa shape index (κ2) is 8.35. The summed E-state index contributed by atoms with van der Waals surface area (Å²) in [7, 11) is 0. The van der Waals surface area contributed by atoms with Crippen molar-refractivity contribution in [2.75, 3.05) is 18.6 Å². The number of thioether (sulfide) groups is 1. The van der Waals surface area contributed by atoms with Crippen molar-refractivity contribution < 1.29 is 14.7 Å². The molecule has 0 atom stereocenters. The number of aromatic nitrogens is 3. The predicted octanol–water partition coefficient (Wildman–Crippen LogP) is -0.0850. The first-order valence-corrected chi connectivity index (χ1v) is 7.12. The van der Waals surface area contributed by atoms with E-state index in [9.17, 15) is 9.59 Å². The molecule has 8 nitrogen and oxygen atoms in total. The third-order valence-corrected chi connectivity index (χ3v) is 2.82. The third kappa shape index (κ3) is 6.65. The summed E-state index contributed by atoms with van der Waals surface area (Å²) in [4.78, 5) is 21.8. The number of carbonyl (C=O) groups excluding carboxylic acids is 1. The van der Waals surface area contributed by atoms with E-state index >= 15 is 0 Å².